The molecule has 1 aliphatic heterocycles. The maximum Gasteiger partial charge on any atom is 0.334 e. The highest BCUT2D eigenvalue weighted by Gasteiger charge is 2.43. The fourth-order valence-corrected chi connectivity index (χ4v) is 6.96. The first-order valence-electron chi connectivity index (χ1n) is 4.82. The van der Waals surface area contributed by atoms with Gasteiger partial charge in [-0.05, 0) is 19.4 Å². The lowest BCUT2D eigenvalue weighted by Gasteiger charge is -2.30. The topological polar surface area (TPSA) is 83.8 Å². The Kier molecular flexibility index (Phi) is 4.45. The first-order chi connectivity index (χ1) is 7.19. The summed E-state index contributed by atoms with van der Waals surface area (Å²) in [5.41, 5.74) is -0.640. The van der Waals surface area contributed by atoms with Crippen molar-refractivity contribution in [3.05, 3.63) is 10.6 Å². The highest BCUT2D eigenvalue weighted by Crippen LogP contribution is 2.61. The molecule has 0 fully saturated rings. The number of halogens is 1. The van der Waals surface area contributed by atoms with E-state index < -0.39 is 20.6 Å². The average Bonchev–Trinajstić information content (AvgIpc) is 2.10. The molecule has 16 heavy (non-hydrogen) atoms. The fraction of sp³-hybridized carbons (Fsp3) is 0.750. The smallest absolute Gasteiger partial charge is 0.328 e. The monoisotopic (exact) mass is 288 g/mol. The van der Waals surface area contributed by atoms with Gasteiger partial charge in [-0.25, -0.2) is 0 Å². The van der Waals surface area contributed by atoms with Crippen LogP contribution in [0, 0.1) is 0 Å². The molecule has 0 saturated heterocycles. The van der Waals surface area contributed by atoms with Crippen LogP contribution in [-0.2, 0) is 13.7 Å². The number of hydrogen-bond donors (Lipinski definition) is 2. The minimum Gasteiger partial charge on any atom is -0.328 e. The molecule has 2 atom stereocenters. The van der Waals surface area contributed by atoms with Crippen LogP contribution in [0.15, 0.2) is 10.6 Å². The van der Waals surface area contributed by atoms with E-state index in [4.69, 9.17) is 25.9 Å². The van der Waals surface area contributed by atoms with Crippen LogP contribution in [0.4, 0.5) is 0 Å². The van der Waals surface area contributed by atoms with Gasteiger partial charge in [-0.1, -0.05) is 11.6 Å². The van der Waals surface area contributed by atoms with Crippen LogP contribution in [0.25, 0.3) is 0 Å². The van der Waals surface area contributed by atoms with Crippen LogP contribution in [0.1, 0.15) is 13.8 Å². The highest BCUT2D eigenvalue weighted by molar-refractivity contribution is 7.61. The second kappa shape index (κ2) is 4.93. The van der Waals surface area contributed by atoms with Gasteiger partial charge in [0.05, 0.1) is 6.61 Å². The van der Waals surface area contributed by atoms with Gasteiger partial charge in [0.25, 0.3) is 0 Å². The molecule has 0 aromatic carbocycles. The Balaban J connectivity index is 3.09. The van der Waals surface area contributed by atoms with Gasteiger partial charge in [-0.2, -0.15) is 0 Å². The van der Waals surface area contributed by atoms with Gasteiger partial charge in [-0.15, -0.1) is 0 Å². The summed E-state index contributed by atoms with van der Waals surface area (Å²) in [4.78, 5) is 18.3. The van der Waals surface area contributed by atoms with Crippen molar-refractivity contribution in [3.63, 3.8) is 0 Å². The van der Waals surface area contributed by atoms with Gasteiger partial charge >= 0.3 is 7.60 Å². The van der Waals surface area contributed by atoms with Crippen LogP contribution in [0.3, 0.4) is 0 Å². The van der Waals surface area contributed by atoms with Gasteiger partial charge in [0.2, 0.25) is 7.37 Å². The van der Waals surface area contributed by atoms with E-state index in [0.29, 0.717) is 5.57 Å². The van der Waals surface area contributed by atoms with Gasteiger partial charge in [0.15, 0.2) is 0 Å². The van der Waals surface area contributed by atoms with Crippen LogP contribution < -0.4 is 0 Å². The van der Waals surface area contributed by atoms with Gasteiger partial charge in [0, 0.05) is 17.4 Å². The summed E-state index contributed by atoms with van der Waals surface area (Å²) in [6.07, 6.45) is -0.00252. The van der Waals surface area contributed by atoms with Crippen molar-refractivity contribution in [2.45, 2.75) is 19.5 Å². The van der Waals surface area contributed by atoms with Crippen LogP contribution in [0.5, 0.6) is 0 Å². The third-order valence-corrected chi connectivity index (χ3v) is 7.29. The molecule has 0 aromatic rings. The lowest BCUT2D eigenvalue weighted by molar-refractivity contribution is 0.328. The average molecular weight is 289 g/mol. The van der Waals surface area contributed by atoms with Crippen molar-refractivity contribution in [1.29, 1.82) is 0 Å². The Hall–Kier alpha value is 0.370. The van der Waals surface area contributed by atoms with Crippen molar-refractivity contribution in [2.24, 2.45) is 0 Å². The molecule has 0 saturated carbocycles. The maximum absolute atomic E-state index is 12.2. The molecule has 0 amide bonds. The van der Waals surface area contributed by atoms with Crippen molar-refractivity contribution < 1.29 is 23.4 Å². The van der Waals surface area contributed by atoms with Crippen molar-refractivity contribution in [1.82, 2.24) is 0 Å². The predicted octanol–water partition coefficient (Wildman–Crippen LogP) is 2.37. The lowest BCUT2D eigenvalue weighted by Crippen LogP contribution is -2.23. The third-order valence-electron chi connectivity index (χ3n) is 2.40. The number of rotatable bonds is 3. The molecular weight excluding hydrogens is 273 g/mol. The molecule has 1 heterocycles. The molecule has 0 bridgehead atoms. The zero-order valence-corrected chi connectivity index (χ0v) is 11.6. The normalized spacial score (nSPS) is 31.9. The molecule has 2 N–H and O–H groups in total. The van der Waals surface area contributed by atoms with Crippen LogP contribution in [-0.4, -0.2) is 34.4 Å². The van der Waals surface area contributed by atoms with Gasteiger partial charge in [-0.3, -0.25) is 9.13 Å². The zero-order chi connectivity index (χ0) is 12.6. The quantitative estimate of drug-likeness (QED) is 0.779. The van der Waals surface area contributed by atoms with Crippen molar-refractivity contribution in [3.8, 4) is 0 Å². The number of hydrogen-bond acceptors (Lipinski definition) is 3. The largest absolute Gasteiger partial charge is 0.334 e. The number of allylic oxidation sites excluding steroid dienone is 2. The van der Waals surface area contributed by atoms with Gasteiger partial charge in [0.1, 0.15) is 5.66 Å². The SMILES string of the molecule is CCOP1(=O)CC(C)=C(Cl)C(P(=O)(O)O)C1. The standard InChI is InChI=1S/C8H15ClO5P2/c1-3-14-15(10)4-6(2)8(9)7(5-15)16(11,12)13/h7H,3-5H2,1-2H3,(H2,11,12,13). The molecule has 5 nitrogen and oxygen atoms in total. The first kappa shape index (κ1) is 14.4. The first-order valence-corrected chi connectivity index (χ1v) is 8.88. The fourth-order valence-electron chi connectivity index (χ4n) is 1.72. The molecule has 0 spiro atoms. The van der Waals surface area contributed by atoms with E-state index >= 15 is 0 Å². The summed E-state index contributed by atoms with van der Waals surface area (Å²) in [6, 6.07) is 0. The molecule has 1 rings (SSSR count). The summed E-state index contributed by atoms with van der Waals surface area (Å²) in [5, 5.41) is 0.125. The molecular formula is C8H15ClO5P2. The zero-order valence-electron chi connectivity index (χ0n) is 9.09. The van der Waals surface area contributed by atoms with E-state index in [2.05, 4.69) is 0 Å². The van der Waals surface area contributed by atoms with Gasteiger partial charge < -0.3 is 14.3 Å². The molecule has 8 heteroatoms. The summed E-state index contributed by atoms with van der Waals surface area (Å²) in [6.45, 7) is 3.58. The Morgan fingerprint density at radius 3 is 2.62 bits per heavy atom. The summed E-state index contributed by atoms with van der Waals surface area (Å²) in [7, 11) is -7.37. The molecule has 1 aliphatic rings. The van der Waals surface area contributed by atoms with E-state index in [-0.39, 0.29) is 24.0 Å². The summed E-state index contributed by atoms with van der Waals surface area (Å²) in [5.74, 6) is 0. The Morgan fingerprint density at radius 2 is 2.19 bits per heavy atom. The van der Waals surface area contributed by atoms with Crippen LogP contribution >= 0.6 is 26.6 Å². The predicted molar refractivity (Wildman–Crippen MR) is 63.4 cm³/mol. The Bertz CT molecular complexity index is 399. The maximum atomic E-state index is 12.2. The van der Waals surface area contributed by atoms with E-state index in [1.165, 1.54) is 0 Å². The molecule has 2 unspecified atom stereocenters. The summed E-state index contributed by atoms with van der Waals surface area (Å²) >= 11 is 5.86. The molecule has 0 aliphatic carbocycles. The van der Waals surface area contributed by atoms with Crippen molar-refractivity contribution in [2.75, 3.05) is 18.9 Å². The molecule has 0 aromatic heterocycles. The highest BCUT2D eigenvalue weighted by atomic mass is 35.5. The van der Waals surface area contributed by atoms with E-state index in [1.807, 2.05) is 0 Å². The van der Waals surface area contributed by atoms with E-state index in [0.717, 1.165) is 0 Å². The molecule has 0 radical (unpaired) electrons. The second-order valence-electron chi connectivity index (χ2n) is 3.81. The second-order valence-corrected chi connectivity index (χ2v) is 8.58. The molecule has 94 valence electrons. The van der Waals surface area contributed by atoms with Crippen LogP contribution in [0.2, 0.25) is 0 Å². The minimum absolute atomic E-state index is 0.125. The Morgan fingerprint density at radius 1 is 1.62 bits per heavy atom. The summed E-state index contributed by atoms with van der Waals surface area (Å²) < 4.78 is 28.6. The third kappa shape index (κ3) is 3.19. The van der Waals surface area contributed by atoms with E-state index in [9.17, 15) is 9.13 Å². The Labute approximate surface area is 99.4 Å². The lowest BCUT2D eigenvalue weighted by atomic mass is 10.2. The minimum atomic E-state index is -4.38. The van der Waals surface area contributed by atoms with E-state index in [1.54, 1.807) is 13.8 Å². The van der Waals surface area contributed by atoms with Crippen molar-refractivity contribution >= 4 is 26.6 Å².